The summed E-state index contributed by atoms with van der Waals surface area (Å²) < 4.78 is 11.1. The largest absolute Gasteiger partial charge is 0.496 e. The van der Waals surface area contributed by atoms with Crippen LogP contribution in [0.2, 0.25) is 0 Å². The minimum absolute atomic E-state index is 0.0708. The third kappa shape index (κ3) is 2.91. The van der Waals surface area contributed by atoms with Crippen molar-refractivity contribution in [3.63, 3.8) is 0 Å². The van der Waals surface area contributed by atoms with E-state index in [2.05, 4.69) is 30.9 Å². The van der Waals surface area contributed by atoms with Crippen LogP contribution in [0, 0.1) is 6.92 Å². The van der Waals surface area contributed by atoms with Crippen molar-refractivity contribution in [2.24, 2.45) is 5.73 Å². The van der Waals surface area contributed by atoms with Crippen molar-refractivity contribution in [2.45, 2.75) is 26.0 Å². The Morgan fingerprint density at radius 1 is 1.47 bits per heavy atom. The van der Waals surface area contributed by atoms with Crippen LogP contribution in [-0.2, 0) is 4.74 Å². The zero-order chi connectivity index (χ0) is 13.8. The Morgan fingerprint density at radius 3 is 2.84 bits per heavy atom. The van der Waals surface area contributed by atoms with Crippen LogP contribution in [0.1, 0.15) is 24.1 Å². The smallest absolute Gasteiger partial charge is 0.121 e. The molecule has 0 amide bonds. The lowest BCUT2D eigenvalue weighted by Crippen LogP contribution is -2.48. The van der Waals surface area contributed by atoms with E-state index in [1.165, 1.54) is 5.56 Å². The highest BCUT2D eigenvalue weighted by molar-refractivity contribution is 5.38. The maximum Gasteiger partial charge on any atom is 0.121 e. The maximum atomic E-state index is 5.87. The van der Waals surface area contributed by atoms with Crippen LogP contribution >= 0.6 is 0 Å². The van der Waals surface area contributed by atoms with Crippen molar-refractivity contribution in [3.8, 4) is 5.75 Å². The molecule has 2 N–H and O–H groups in total. The molecule has 4 heteroatoms. The summed E-state index contributed by atoms with van der Waals surface area (Å²) in [6.45, 7) is 7.54. The molecule has 0 bridgehead atoms. The summed E-state index contributed by atoms with van der Waals surface area (Å²) in [6.07, 6.45) is 0.0708. The fourth-order valence-electron chi connectivity index (χ4n) is 2.85. The van der Waals surface area contributed by atoms with Crippen molar-refractivity contribution in [2.75, 3.05) is 33.4 Å². The molecule has 2 unspecified atom stereocenters. The summed E-state index contributed by atoms with van der Waals surface area (Å²) in [4.78, 5) is 2.43. The maximum absolute atomic E-state index is 5.87. The first-order chi connectivity index (χ1) is 9.21. The molecule has 1 aliphatic heterocycles. The Balaban J connectivity index is 2.32. The van der Waals surface area contributed by atoms with Gasteiger partial charge in [-0.1, -0.05) is 19.1 Å². The first-order valence-electron chi connectivity index (χ1n) is 6.91. The van der Waals surface area contributed by atoms with Gasteiger partial charge in [0.1, 0.15) is 5.75 Å². The van der Waals surface area contributed by atoms with Gasteiger partial charge in [0.15, 0.2) is 0 Å². The second kappa shape index (κ2) is 6.37. The number of hydrogen-bond acceptors (Lipinski definition) is 4. The molecule has 0 radical (unpaired) electrons. The van der Waals surface area contributed by atoms with E-state index in [1.54, 1.807) is 7.11 Å². The Labute approximate surface area is 115 Å². The summed E-state index contributed by atoms with van der Waals surface area (Å²) in [7, 11) is 1.70. The van der Waals surface area contributed by atoms with Crippen molar-refractivity contribution in [3.05, 3.63) is 29.3 Å². The van der Waals surface area contributed by atoms with E-state index in [0.717, 1.165) is 31.0 Å². The Hall–Kier alpha value is -1.10. The SMILES string of the molecule is CCN1CCOC(CN)C1c1ccc(OC)c(C)c1. The van der Waals surface area contributed by atoms with Gasteiger partial charge >= 0.3 is 0 Å². The molecule has 0 spiro atoms. The van der Waals surface area contributed by atoms with E-state index in [9.17, 15) is 0 Å². The van der Waals surface area contributed by atoms with Gasteiger partial charge in [-0.15, -0.1) is 0 Å². The minimum atomic E-state index is 0.0708. The molecule has 2 rings (SSSR count). The van der Waals surface area contributed by atoms with Gasteiger partial charge in [-0.05, 0) is 30.7 Å². The number of rotatable bonds is 4. The molecule has 1 heterocycles. The molecule has 1 saturated heterocycles. The Bertz CT molecular complexity index is 411. The molecule has 1 aromatic carbocycles. The Kier molecular flexibility index (Phi) is 4.80. The fraction of sp³-hybridized carbons (Fsp3) is 0.600. The fourth-order valence-corrected chi connectivity index (χ4v) is 2.85. The number of benzene rings is 1. The minimum Gasteiger partial charge on any atom is -0.496 e. The van der Waals surface area contributed by atoms with E-state index in [-0.39, 0.29) is 12.1 Å². The molecule has 1 fully saturated rings. The van der Waals surface area contributed by atoms with E-state index >= 15 is 0 Å². The molecule has 106 valence electrons. The number of morpholine rings is 1. The quantitative estimate of drug-likeness (QED) is 0.899. The number of aryl methyl sites for hydroxylation is 1. The van der Waals surface area contributed by atoms with Gasteiger partial charge < -0.3 is 15.2 Å². The van der Waals surface area contributed by atoms with Crippen molar-refractivity contribution in [1.82, 2.24) is 4.90 Å². The molecule has 19 heavy (non-hydrogen) atoms. The van der Waals surface area contributed by atoms with Gasteiger partial charge in [0, 0.05) is 13.1 Å². The Morgan fingerprint density at radius 2 is 2.26 bits per heavy atom. The summed E-state index contributed by atoms with van der Waals surface area (Å²) in [5, 5.41) is 0. The second-order valence-electron chi connectivity index (χ2n) is 4.95. The van der Waals surface area contributed by atoms with E-state index in [0.29, 0.717) is 6.54 Å². The van der Waals surface area contributed by atoms with Crippen LogP contribution in [0.4, 0.5) is 0 Å². The number of hydrogen-bond donors (Lipinski definition) is 1. The molecule has 0 aromatic heterocycles. The zero-order valence-corrected chi connectivity index (χ0v) is 12.1. The lowest BCUT2D eigenvalue weighted by molar-refractivity contribution is -0.0658. The predicted molar refractivity (Wildman–Crippen MR) is 76.5 cm³/mol. The van der Waals surface area contributed by atoms with Crippen LogP contribution in [0.15, 0.2) is 18.2 Å². The van der Waals surface area contributed by atoms with Crippen molar-refractivity contribution >= 4 is 0 Å². The van der Waals surface area contributed by atoms with Crippen LogP contribution < -0.4 is 10.5 Å². The van der Waals surface area contributed by atoms with Gasteiger partial charge in [-0.25, -0.2) is 0 Å². The normalized spacial score (nSPS) is 24.4. The van der Waals surface area contributed by atoms with Crippen LogP contribution in [0.3, 0.4) is 0 Å². The number of likely N-dealkylation sites (N-methyl/N-ethyl adjacent to an activating group) is 1. The molecule has 1 aromatic rings. The second-order valence-corrected chi connectivity index (χ2v) is 4.95. The molecule has 4 nitrogen and oxygen atoms in total. The van der Waals surface area contributed by atoms with Gasteiger partial charge in [0.05, 0.1) is 25.9 Å². The number of nitrogens with zero attached hydrogens (tertiary/aromatic N) is 1. The summed E-state index contributed by atoms with van der Waals surface area (Å²) in [6, 6.07) is 6.58. The summed E-state index contributed by atoms with van der Waals surface area (Å²) in [5.74, 6) is 0.924. The van der Waals surface area contributed by atoms with Crippen LogP contribution in [0.5, 0.6) is 5.75 Å². The third-order valence-corrected chi connectivity index (χ3v) is 3.85. The van der Waals surface area contributed by atoms with Gasteiger partial charge in [-0.2, -0.15) is 0 Å². The van der Waals surface area contributed by atoms with E-state index < -0.39 is 0 Å². The van der Waals surface area contributed by atoms with E-state index in [4.69, 9.17) is 15.2 Å². The zero-order valence-electron chi connectivity index (χ0n) is 12.1. The van der Waals surface area contributed by atoms with Crippen molar-refractivity contribution in [1.29, 1.82) is 0 Å². The summed E-state index contributed by atoms with van der Waals surface area (Å²) in [5.41, 5.74) is 8.28. The molecule has 2 atom stereocenters. The van der Waals surface area contributed by atoms with Gasteiger partial charge in [0.2, 0.25) is 0 Å². The first kappa shape index (κ1) is 14.3. The molecule has 1 aliphatic rings. The van der Waals surface area contributed by atoms with Crippen LogP contribution in [0.25, 0.3) is 0 Å². The highest BCUT2D eigenvalue weighted by atomic mass is 16.5. The van der Waals surface area contributed by atoms with Crippen molar-refractivity contribution < 1.29 is 9.47 Å². The van der Waals surface area contributed by atoms with Gasteiger partial charge in [0.25, 0.3) is 0 Å². The topological polar surface area (TPSA) is 47.7 Å². The number of nitrogens with two attached hydrogens (primary N) is 1. The standard InChI is InChI=1S/C15H24N2O2/c1-4-17-7-8-19-14(10-16)15(17)12-5-6-13(18-3)11(2)9-12/h5-6,9,14-15H,4,7-8,10,16H2,1-3H3. The average Bonchev–Trinajstić information content (AvgIpc) is 2.46. The summed E-state index contributed by atoms with van der Waals surface area (Å²) >= 11 is 0. The molecule has 0 saturated carbocycles. The predicted octanol–water partition coefficient (Wildman–Crippen LogP) is 1.72. The highest BCUT2D eigenvalue weighted by Crippen LogP contribution is 2.31. The monoisotopic (exact) mass is 264 g/mol. The third-order valence-electron chi connectivity index (χ3n) is 3.85. The number of ether oxygens (including phenoxy) is 2. The molecular formula is C15H24N2O2. The first-order valence-corrected chi connectivity index (χ1v) is 6.91. The lowest BCUT2D eigenvalue weighted by Gasteiger charge is -2.40. The highest BCUT2D eigenvalue weighted by Gasteiger charge is 2.31. The van der Waals surface area contributed by atoms with Crippen LogP contribution in [-0.4, -0.2) is 44.4 Å². The lowest BCUT2D eigenvalue weighted by atomic mass is 9.96. The average molecular weight is 264 g/mol. The number of methoxy groups -OCH3 is 1. The van der Waals surface area contributed by atoms with E-state index in [1.807, 2.05) is 6.07 Å². The van der Waals surface area contributed by atoms with Gasteiger partial charge in [-0.3, -0.25) is 4.90 Å². The molecule has 0 aliphatic carbocycles. The molecular weight excluding hydrogens is 240 g/mol.